The Morgan fingerprint density at radius 1 is 1.05 bits per heavy atom. The SMILES string of the molecule is CC1(C)CCC(CN2CCN(c3ccc(C(=O)NS(=O)c4ccc(NCC5CN(CC(F)F)CCO5)c([N+](=O)[O-])c4)c(Oc4cccc5[nH]cnc45)c3)CC2)=C(c2ccc(Cl)cc2)C1. The quantitative estimate of drug-likeness (QED) is 0.0683. The summed E-state index contributed by atoms with van der Waals surface area (Å²) in [5.74, 6) is -0.0857. The maximum atomic E-state index is 14.0. The number of hydrogen-bond acceptors (Lipinski definition) is 11. The van der Waals surface area contributed by atoms with Crippen LogP contribution in [0.5, 0.6) is 11.5 Å². The van der Waals surface area contributed by atoms with Crippen LogP contribution in [0.1, 0.15) is 49.0 Å². The van der Waals surface area contributed by atoms with Gasteiger partial charge in [-0.05, 0) is 84.3 Å². The molecule has 18 heteroatoms. The molecular weight excluding hydrogens is 866 g/mol. The highest BCUT2D eigenvalue weighted by molar-refractivity contribution is 7.83. The van der Waals surface area contributed by atoms with E-state index in [1.807, 2.05) is 30.3 Å². The molecule has 2 fully saturated rings. The molecule has 64 heavy (non-hydrogen) atoms. The number of piperazine rings is 1. The summed E-state index contributed by atoms with van der Waals surface area (Å²) < 4.78 is 54.2. The zero-order chi connectivity index (χ0) is 45.0. The van der Waals surface area contributed by atoms with Crippen molar-refractivity contribution in [3.05, 3.63) is 117 Å². The lowest BCUT2D eigenvalue weighted by Gasteiger charge is -2.39. The van der Waals surface area contributed by atoms with Crippen LogP contribution in [0.3, 0.4) is 0 Å². The zero-order valence-corrected chi connectivity index (χ0v) is 37.2. The number of alkyl halides is 2. The molecular formula is C46H51ClF2N8O6S. The number of para-hydroxylation sites is 1. The van der Waals surface area contributed by atoms with Crippen molar-refractivity contribution in [2.75, 3.05) is 75.7 Å². The molecule has 8 rings (SSSR count). The van der Waals surface area contributed by atoms with Crippen molar-refractivity contribution in [3.8, 4) is 11.5 Å². The van der Waals surface area contributed by atoms with E-state index < -0.39 is 34.3 Å². The normalized spacial score (nSPS) is 18.9. The summed E-state index contributed by atoms with van der Waals surface area (Å²) in [5.41, 5.74) is 6.36. The van der Waals surface area contributed by atoms with Gasteiger partial charge in [0.1, 0.15) is 17.0 Å². The number of carbonyl (C=O) groups is 1. The topological polar surface area (TPSA) is 158 Å². The number of nitrogens with zero attached hydrogens (tertiary/aromatic N) is 5. The summed E-state index contributed by atoms with van der Waals surface area (Å²) in [6.45, 7) is 9.33. The summed E-state index contributed by atoms with van der Waals surface area (Å²) in [6.07, 6.45) is 1.80. The van der Waals surface area contributed by atoms with Gasteiger partial charge < -0.3 is 24.7 Å². The van der Waals surface area contributed by atoms with Crippen LogP contribution < -0.4 is 19.7 Å². The fraction of sp³-hybridized carbons (Fsp3) is 0.391. The van der Waals surface area contributed by atoms with E-state index in [0.717, 1.165) is 74.3 Å². The molecule has 338 valence electrons. The number of morpholine rings is 1. The highest BCUT2D eigenvalue weighted by Crippen LogP contribution is 2.43. The van der Waals surface area contributed by atoms with Crippen LogP contribution >= 0.6 is 11.6 Å². The Morgan fingerprint density at radius 2 is 1.84 bits per heavy atom. The van der Waals surface area contributed by atoms with Crippen molar-refractivity contribution in [1.82, 2.24) is 24.5 Å². The number of aromatic nitrogens is 2. The zero-order valence-electron chi connectivity index (χ0n) is 35.7. The number of nitro groups is 1. The number of allylic oxidation sites excluding steroid dienone is 1. The van der Waals surface area contributed by atoms with Crippen LogP contribution in [0.15, 0.2) is 95.7 Å². The predicted octanol–water partition coefficient (Wildman–Crippen LogP) is 8.53. The van der Waals surface area contributed by atoms with Gasteiger partial charge in [-0.15, -0.1) is 0 Å². The number of carbonyl (C=O) groups excluding carboxylic acids is 1. The first-order valence-corrected chi connectivity index (χ1v) is 22.9. The summed E-state index contributed by atoms with van der Waals surface area (Å²) in [7, 11) is -2.21. The molecule has 2 atom stereocenters. The van der Waals surface area contributed by atoms with Crippen LogP contribution in [0.2, 0.25) is 5.02 Å². The second-order valence-electron chi connectivity index (χ2n) is 17.2. The highest BCUT2D eigenvalue weighted by Gasteiger charge is 2.30. The summed E-state index contributed by atoms with van der Waals surface area (Å²) in [6, 6.07) is 22.8. The van der Waals surface area contributed by atoms with Gasteiger partial charge in [0.15, 0.2) is 16.7 Å². The molecule has 2 aliphatic heterocycles. The molecule has 0 bridgehead atoms. The molecule has 1 aliphatic carbocycles. The number of amides is 1. The monoisotopic (exact) mass is 916 g/mol. The molecule has 0 radical (unpaired) electrons. The van der Waals surface area contributed by atoms with E-state index in [1.165, 1.54) is 28.8 Å². The lowest BCUT2D eigenvalue weighted by Crippen LogP contribution is -2.47. The Kier molecular flexibility index (Phi) is 13.9. The van der Waals surface area contributed by atoms with Crippen LogP contribution in [0.4, 0.5) is 25.8 Å². The van der Waals surface area contributed by atoms with Gasteiger partial charge in [-0.1, -0.05) is 49.2 Å². The minimum Gasteiger partial charge on any atom is -0.454 e. The molecule has 14 nitrogen and oxygen atoms in total. The number of halogens is 3. The molecule has 3 heterocycles. The van der Waals surface area contributed by atoms with E-state index in [-0.39, 0.29) is 59.2 Å². The highest BCUT2D eigenvalue weighted by atomic mass is 35.5. The van der Waals surface area contributed by atoms with Gasteiger partial charge in [0.25, 0.3) is 18.0 Å². The number of imidazole rings is 1. The molecule has 2 unspecified atom stereocenters. The molecule has 4 aromatic carbocycles. The molecule has 2 saturated heterocycles. The second-order valence-corrected chi connectivity index (χ2v) is 18.8. The summed E-state index contributed by atoms with van der Waals surface area (Å²) in [4.78, 5) is 39.3. The van der Waals surface area contributed by atoms with Crippen molar-refractivity contribution >= 4 is 62.2 Å². The Bertz CT molecular complexity index is 2550. The molecule has 0 saturated carbocycles. The van der Waals surface area contributed by atoms with Gasteiger partial charge in [-0.25, -0.2) is 18.0 Å². The first kappa shape index (κ1) is 45.1. The number of aromatic amines is 1. The lowest BCUT2D eigenvalue weighted by molar-refractivity contribution is -0.384. The van der Waals surface area contributed by atoms with Crippen molar-refractivity contribution in [3.63, 3.8) is 0 Å². The predicted molar refractivity (Wildman–Crippen MR) is 245 cm³/mol. The van der Waals surface area contributed by atoms with Crippen LogP contribution in [0, 0.1) is 15.5 Å². The Labute approximate surface area is 377 Å². The maximum absolute atomic E-state index is 14.0. The number of anilines is 2. The van der Waals surface area contributed by atoms with Crippen LogP contribution in [-0.2, 0) is 15.7 Å². The van der Waals surface area contributed by atoms with E-state index in [2.05, 4.69) is 55.8 Å². The van der Waals surface area contributed by atoms with E-state index in [0.29, 0.717) is 17.8 Å². The average Bonchev–Trinajstić information content (AvgIpc) is 3.77. The van der Waals surface area contributed by atoms with Gasteiger partial charge in [0, 0.05) is 75.2 Å². The molecule has 1 amide bonds. The number of rotatable bonds is 15. The molecule has 1 aromatic heterocycles. The average molecular weight is 917 g/mol. The van der Waals surface area contributed by atoms with E-state index >= 15 is 0 Å². The first-order valence-electron chi connectivity index (χ1n) is 21.3. The van der Waals surface area contributed by atoms with Crippen molar-refractivity contribution in [2.24, 2.45) is 5.41 Å². The van der Waals surface area contributed by atoms with E-state index in [4.69, 9.17) is 21.1 Å². The third-order valence-corrected chi connectivity index (χ3v) is 13.4. The smallest absolute Gasteiger partial charge is 0.293 e. The summed E-state index contributed by atoms with van der Waals surface area (Å²) in [5, 5.41) is 15.8. The van der Waals surface area contributed by atoms with Crippen LogP contribution in [-0.4, -0.2) is 113 Å². The lowest BCUT2D eigenvalue weighted by atomic mass is 9.72. The molecule has 5 aromatic rings. The molecule has 3 N–H and O–H groups in total. The number of nitro benzene ring substituents is 1. The number of hydrogen-bond donors (Lipinski definition) is 3. The largest absolute Gasteiger partial charge is 0.454 e. The molecule has 0 spiro atoms. The maximum Gasteiger partial charge on any atom is 0.293 e. The number of benzene rings is 4. The fourth-order valence-corrected chi connectivity index (χ4v) is 9.56. The van der Waals surface area contributed by atoms with Gasteiger partial charge in [-0.3, -0.25) is 29.4 Å². The van der Waals surface area contributed by atoms with Gasteiger partial charge in [-0.2, -0.15) is 0 Å². The number of ether oxygens (including phenoxy) is 2. The van der Waals surface area contributed by atoms with E-state index in [1.54, 1.807) is 29.4 Å². The Morgan fingerprint density at radius 3 is 2.61 bits per heavy atom. The molecule has 3 aliphatic rings. The van der Waals surface area contributed by atoms with Gasteiger partial charge in [0.2, 0.25) is 0 Å². The Hall–Kier alpha value is -5.46. The van der Waals surface area contributed by atoms with Gasteiger partial charge in [0.05, 0.1) is 46.5 Å². The fourth-order valence-electron chi connectivity index (χ4n) is 8.63. The Balaban J connectivity index is 0.973. The number of fused-ring (bicyclic) bond motifs is 1. The van der Waals surface area contributed by atoms with Crippen molar-refractivity contribution in [2.45, 2.75) is 50.5 Å². The summed E-state index contributed by atoms with van der Waals surface area (Å²) >= 11 is 6.24. The minimum absolute atomic E-state index is 0.00568. The van der Waals surface area contributed by atoms with Gasteiger partial charge >= 0.3 is 0 Å². The number of nitrogens with one attached hydrogen (secondary N) is 3. The third kappa shape index (κ3) is 10.9. The minimum atomic E-state index is -2.48. The van der Waals surface area contributed by atoms with Crippen LogP contribution in [0.25, 0.3) is 16.6 Å². The standard InChI is InChI=1S/C46H51ClF2N8O6S/c1-46(2)15-14-31(37(24-46)30-6-8-32(47)9-7-30)26-54-16-18-56(19-17-54)33-10-12-36(42(22-33)63-41-5-3-4-39-44(41)52-29-51-39)45(58)53-64(61)35-11-13-38(40(23-35)57(59)60)50-25-34-27-55(20-21-62-34)28-43(48)49/h3-13,22-23,29,34,43,50H,14-21,24-28H2,1-2H3,(H,51,52)(H,53,58). The van der Waals surface area contributed by atoms with Crippen molar-refractivity contribution in [1.29, 1.82) is 0 Å². The van der Waals surface area contributed by atoms with E-state index in [9.17, 15) is 27.9 Å². The first-order chi connectivity index (χ1) is 30.8. The third-order valence-electron chi connectivity index (χ3n) is 12.1. The van der Waals surface area contributed by atoms with Crippen molar-refractivity contribution < 1.29 is 32.2 Å². The second kappa shape index (κ2) is 19.7. The number of H-pyrrole nitrogens is 1.